The van der Waals surface area contributed by atoms with Gasteiger partial charge in [-0.2, -0.15) is 4.31 Å². The van der Waals surface area contributed by atoms with Crippen molar-refractivity contribution in [2.24, 2.45) is 0 Å². The van der Waals surface area contributed by atoms with Crippen molar-refractivity contribution < 1.29 is 13.2 Å². The summed E-state index contributed by atoms with van der Waals surface area (Å²) in [6.07, 6.45) is 1.28. The highest BCUT2D eigenvalue weighted by Gasteiger charge is 2.21. The van der Waals surface area contributed by atoms with Crippen molar-refractivity contribution in [1.29, 1.82) is 0 Å². The summed E-state index contributed by atoms with van der Waals surface area (Å²) < 4.78 is 27.3. The topological polar surface area (TPSA) is 142 Å². The number of nitrogens with two attached hydrogens (primary N) is 1. The normalized spacial score (nSPS) is 11.3. The van der Waals surface area contributed by atoms with E-state index in [-0.39, 0.29) is 22.3 Å². The van der Waals surface area contributed by atoms with Crippen LogP contribution in [0.5, 0.6) is 0 Å². The molecule has 5 N–H and O–H groups in total. The van der Waals surface area contributed by atoms with Gasteiger partial charge in [0.15, 0.2) is 11.6 Å². The van der Waals surface area contributed by atoms with Crippen LogP contribution < -0.4 is 21.9 Å². The number of rotatable bonds is 9. The molecule has 3 rings (SSSR count). The molecule has 0 saturated heterocycles. The summed E-state index contributed by atoms with van der Waals surface area (Å²) in [4.78, 5) is 20.8. The highest BCUT2D eigenvalue weighted by Crippen LogP contribution is 2.26. The first kappa shape index (κ1) is 24.4. The highest BCUT2D eigenvalue weighted by molar-refractivity contribution is 9.10. The number of hydrogen-bond acceptors (Lipinski definition) is 8. The lowest BCUT2D eigenvalue weighted by Gasteiger charge is -2.18. The molecule has 33 heavy (non-hydrogen) atoms. The first-order valence-electron chi connectivity index (χ1n) is 10.1. The Kier molecular flexibility index (Phi) is 7.84. The van der Waals surface area contributed by atoms with Crippen LogP contribution in [0.4, 0.5) is 23.0 Å². The smallest absolute Gasteiger partial charge is 0.270 e. The van der Waals surface area contributed by atoms with Crippen LogP contribution in [0.15, 0.2) is 64.2 Å². The van der Waals surface area contributed by atoms with Gasteiger partial charge in [-0.25, -0.2) is 18.4 Å². The maximum Gasteiger partial charge on any atom is 0.270 e. The molecule has 2 aromatic carbocycles. The Balaban J connectivity index is 1.72. The molecule has 1 heterocycles. The van der Waals surface area contributed by atoms with Gasteiger partial charge in [0.25, 0.3) is 5.91 Å². The van der Waals surface area contributed by atoms with Gasteiger partial charge in [0.2, 0.25) is 10.0 Å². The third-order valence-corrected chi connectivity index (χ3v) is 7.51. The van der Waals surface area contributed by atoms with Crippen molar-refractivity contribution in [2.45, 2.75) is 18.7 Å². The number of benzene rings is 2. The molecule has 174 valence electrons. The summed E-state index contributed by atoms with van der Waals surface area (Å²) in [5.74, 6) is 0.121. The quantitative estimate of drug-likeness (QED) is 0.306. The summed E-state index contributed by atoms with van der Waals surface area (Å²) in [5, 5.41) is 3.03. The van der Waals surface area contributed by atoms with Gasteiger partial charge in [-0.1, -0.05) is 26.0 Å². The molecule has 3 aromatic rings. The first-order chi connectivity index (χ1) is 15.8. The monoisotopic (exact) mass is 533 g/mol. The molecule has 0 radical (unpaired) electrons. The average Bonchev–Trinajstić information content (AvgIpc) is 2.80. The largest absolute Gasteiger partial charge is 0.393 e. The number of sulfonamides is 1. The van der Waals surface area contributed by atoms with Crippen LogP contribution in [0.1, 0.15) is 24.2 Å². The van der Waals surface area contributed by atoms with Gasteiger partial charge in [0, 0.05) is 23.2 Å². The average molecular weight is 534 g/mol. The Morgan fingerprint density at radius 2 is 1.67 bits per heavy atom. The number of halogens is 1. The van der Waals surface area contributed by atoms with Crippen molar-refractivity contribution in [1.82, 2.24) is 19.7 Å². The van der Waals surface area contributed by atoms with Gasteiger partial charge in [0.1, 0.15) is 12.0 Å². The molecule has 0 unspecified atom stereocenters. The van der Waals surface area contributed by atoms with Crippen molar-refractivity contribution in [3.05, 3.63) is 64.9 Å². The molecule has 1 amide bonds. The van der Waals surface area contributed by atoms with Crippen molar-refractivity contribution >= 4 is 54.9 Å². The predicted octanol–water partition coefficient (Wildman–Crippen LogP) is 3.35. The number of amides is 1. The number of nitrogen functional groups attached to an aromatic ring is 1. The van der Waals surface area contributed by atoms with Crippen LogP contribution in [0.25, 0.3) is 0 Å². The zero-order valence-corrected chi connectivity index (χ0v) is 20.4. The molecule has 0 atom stereocenters. The minimum Gasteiger partial charge on any atom is -0.393 e. The summed E-state index contributed by atoms with van der Waals surface area (Å²) in [7, 11) is -3.55. The van der Waals surface area contributed by atoms with E-state index in [2.05, 4.69) is 42.1 Å². The van der Waals surface area contributed by atoms with Crippen LogP contribution >= 0.6 is 15.9 Å². The van der Waals surface area contributed by atoms with Crippen molar-refractivity contribution in [2.75, 3.05) is 29.6 Å². The maximum atomic E-state index is 12.6. The molecule has 1 aromatic heterocycles. The van der Waals surface area contributed by atoms with Gasteiger partial charge in [0.05, 0.1) is 10.5 Å². The molecule has 10 nitrogen and oxygen atoms in total. The van der Waals surface area contributed by atoms with Gasteiger partial charge in [-0.3, -0.25) is 15.6 Å². The number of hydrogen-bond donors (Lipinski definition) is 4. The van der Waals surface area contributed by atoms with E-state index >= 15 is 0 Å². The number of hydrazine groups is 1. The van der Waals surface area contributed by atoms with Gasteiger partial charge in [-0.05, 0) is 52.3 Å². The SMILES string of the molecule is CCN(CC)S(=O)(=O)c1ccc(Nc2ncnc(NNC(=O)c3ccccc3Br)c2N)cc1. The van der Waals surface area contributed by atoms with Gasteiger partial charge >= 0.3 is 0 Å². The van der Waals surface area contributed by atoms with E-state index in [0.717, 1.165) is 0 Å². The van der Waals surface area contributed by atoms with Crippen LogP contribution in [0, 0.1) is 0 Å². The molecule has 0 aliphatic carbocycles. The Hall–Kier alpha value is -3.22. The number of nitrogens with one attached hydrogen (secondary N) is 3. The Morgan fingerprint density at radius 1 is 1.03 bits per heavy atom. The lowest BCUT2D eigenvalue weighted by Crippen LogP contribution is -2.30. The van der Waals surface area contributed by atoms with Crippen molar-refractivity contribution in [3.8, 4) is 0 Å². The third-order valence-electron chi connectivity index (χ3n) is 4.76. The number of carbonyl (C=O) groups excluding carboxylic acids is 1. The van der Waals surface area contributed by atoms with Gasteiger partial charge in [-0.15, -0.1) is 0 Å². The number of carbonyl (C=O) groups is 1. The van der Waals surface area contributed by atoms with Crippen LogP contribution in [-0.4, -0.2) is 41.7 Å². The lowest BCUT2D eigenvalue weighted by atomic mass is 10.2. The second-order valence-corrected chi connectivity index (χ2v) is 9.57. The maximum absolute atomic E-state index is 12.6. The molecular weight excluding hydrogens is 510 g/mol. The fourth-order valence-corrected chi connectivity index (χ4v) is 4.91. The second kappa shape index (κ2) is 10.6. The minimum absolute atomic E-state index is 0.171. The third kappa shape index (κ3) is 5.59. The van der Waals surface area contributed by atoms with E-state index in [9.17, 15) is 13.2 Å². The first-order valence-corrected chi connectivity index (χ1v) is 12.3. The molecule has 0 bridgehead atoms. The van der Waals surface area contributed by atoms with Gasteiger partial charge < -0.3 is 11.1 Å². The van der Waals surface area contributed by atoms with E-state index in [0.29, 0.717) is 34.6 Å². The number of nitrogens with zero attached hydrogens (tertiary/aromatic N) is 3. The molecule has 12 heteroatoms. The molecule has 0 fully saturated rings. The molecule has 0 saturated carbocycles. The van der Waals surface area contributed by atoms with E-state index in [1.807, 2.05) is 0 Å². The van der Waals surface area contributed by atoms with Crippen molar-refractivity contribution in [3.63, 3.8) is 0 Å². The summed E-state index contributed by atoms with van der Waals surface area (Å²) >= 11 is 3.33. The van der Waals surface area contributed by atoms with E-state index < -0.39 is 10.0 Å². The number of anilines is 4. The van der Waals surface area contributed by atoms with Crippen LogP contribution in [0.3, 0.4) is 0 Å². The Morgan fingerprint density at radius 3 is 2.30 bits per heavy atom. The fraction of sp³-hybridized carbons (Fsp3) is 0.190. The molecule has 0 spiro atoms. The highest BCUT2D eigenvalue weighted by atomic mass is 79.9. The molecule has 0 aliphatic heterocycles. The molecular formula is C21H24BrN7O3S. The summed E-state index contributed by atoms with van der Waals surface area (Å²) in [6, 6.07) is 13.3. The summed E-state index contributed by atoms with van der Waals surface area (Å²) in [6.45, 7) is 4.37. The second-order valence-electron chi connectivity index (χ2n) is 6.78. The Labute approximate surface area is 200 Å². The zero-order chi connectivity index (χ0) is 24.0. The van der Waals surface area contributed by atoms with Crippen LogP contribution in [-0.2, 0) is 10.0 Å². The minimum atomic E-state index is -3.55. The zero-order valence-electron chi connectivity index (χ0n) is 18.0. The predicted molar refractivity (Wildman–Crippen MR) is 132 cm³/mol. The van der Waals surface area contributed by atoms with E-state index in [1.165, 1.54) is 22.8 Å². The number of aromatic nitrogens is 2. The standard InChI is InChI=1S/C21H24BrN7O3S/c1-3-29(4-2)33(31,32)15-11-9-14(10-12-15)26-19-18(23)20(25-13-24-19)27-28-21(30)16-7-5-6-8-17(16)22/h5-13H,3-4,23H2,1-2H3,(H,28,30)(H2,24,25,26,27). The molecule has 0 aliphatic rings. The Bertz CT molecular complexity index is 1230. The van der Waals surface area contributed by atoms with Crippen LogP contribution in [0.2, 0.25) is 0 Å². The lowest BCUT2D eigenvalue weighted by molar-refractivity contribution is 0.0961. The summed E-state index contributed by atoms with van der Waals surface area (Å²) in [5.41, 5.74) is 12.6. The van der Waals surface area contributed by atoms with E-state index in [1.54, 1.807) is 50.2 Å². The van der Waals surface area contributed by atoms with E-state index in [4.69, 9.17) is 5.73 Å². The fourth-order valence-electron chi connectivity index (χ4n) is 2.98.